The highest BCUT2D eigenvalue weighted by molar-refractivity contribution is 5.79. The minimum atomic E-state index is -0.979. The minimum Gasteiger partial charge on any atom is -0.465 e. The maximum atomic E-state index is 11.5. The Balaban J connectivity index is 2.27. The van der Waals surface area contributed by atoms with Crippen LogP contribution in [0.25, 0.3) is 0 Å². The van der Waals surface area contributed by atoms with Crippen LogP contribution in [-0.2, 0) is 20.9 Å². The van der Waals surface area contributed by atoms with Crippen LogP contribution in [0.2, 0.25) is 0 Å². The number of benzene rings is 1. The van der Waals surface area contributed by atoms with Crippen molar-refractivity contribution in [1.29, 1.82) is 0 Å². The standard InChI is InChI=1S/C14H21NO3/c1-3-18-13(16)14(2,15)9-10-17-11-12-7-5-4-6-8-12/h4-8H,3,9-11,15H2,1-2H3. The summed E-state index contributed by atoms with van der Waals surface area (Å²) in [5.41, 5.74) is 6.00. The van der Waals surface area contributed by atoms with Gasteiger partial charge in [-0.05, 0) is 25.8 Å². The molecule has 1 unspecified atom stereocenters. The highest BCUT2D eigenvalue weighted by atomic mass is 16.5. The van der Waals surface area contributed by atoms with Crippen LogP contribution in [0.15, 0.2) is 30.3 Å². The maximum Gasteiger partial charge on any atom is 0.325 e. The van der Waals surface area contributed by atoms with E-state index in [2.05, 4.69) is 0 Å². The molecule has 0 heterocycles. The largest absolute Gasteiger partial charge is 0.465 e. The molecule has 18 heavy (non-hydrogen) atoms. The molecule has 0 aliphatic carbocycles. The van der Waals surface area contributed by atoms with Crippen molar-refractivity contribution in [2.24, 2.45) is 5.73 Å². The second kappa shape index (κ2) is 7.13. The van der Waals surface area contributed by atoms with Crippen LogP contribution in [0.1, 0.15) is 25.8 Å². The van der Waals surface area contributed by atoms with Gasteiger partial charge in [0.05, 0.1) is 13.2 Å². The van der Waals surface area contributed by atoms with Gasteiger partial charge in [-0.3, -0.25) is 4.79 Å². The molecule has 1 aromatic rings. The van der Waals surface area contributed by atoms with Gasteiger partial charge in [0.2, 0.25) is 0 Å². The molecule has 0 spiro atoms. The molecule has 0 aliphatic heterocycles. The number of carbonyl (C=O) groups excluding carboxylic acids is 1. The van der Waals surface area contributed by atoms with E-state index in [0.29, 0.717) is 26.2 Å². The Labute approximate surface area is 108 Å². The molecule has 1 aromatic carbocycles. The Bertz CT molecular complexity index is 363. The summed E-state index contributed by atoms with van der Waals surface area (Å²) in [5, 5.41) is 0. The summed E-state index contributed by atoms with van der Waals surface area (Å²) in [6.45, 7) is 4.73. The van der Waals surface area contributed by atoms with Gasteiger partial charge in [-0.1, -0.05) is 30.3 Å². The Morgan fingerprint density at radius 3 is 2.61 bits per heavy atom. The number of hydrogen-bond acceptors (Lipinski definition) is 4. The van der Waals surface area contributed by atoms with E-state index in [9.17, 15) is 4.79 Å². The lowest BCUT2D eigenvalue weighted by atomic mass is 10.0. The number of hydrogen-bond donors (Lipinski definition) is 1. The number of rotatable bonds is 7. The Hall–Kier alpha value is -1.39. The van der Waals surface area contributed by atoms with Crippen LogP contribution >= 0.6 is 0 Å². The van der Waals surface area contributed by atoms with Crippen LogP contribution in [0.4, 0.5) is 0 Å². The quantitative estimate of drug-likeness (QED) is 0.593. The van der Waals surface area contributed by atoms with Gasteiger partial charge in [0.1, 0.15) is 5.54 Å². The predicted octanol–water partition coefficient (Wildman–Crippen LogP) is 1.87. The first-order chi connectivity index (χ1) is 8.56. The molecule has 0 aromatic heterocycles. The van der Waals surface area contributed by atoms with Gasteiger partial charge >= 0.3 is 5.97 Å². The molecule has 0 radical (unpaired) electrons. The average Bonchev–Trinajstić information content (AvgIpc) is 2.36. The smallest absolute Gasteiger partial charge is 0.325 e. The van der Waals surface area contributed by atoms with E-state index in [0.717, 1.165) is 5.56 Å². The fraction of sp³-hybridized carbons (Fsp3) is 0.500. The van der Waals surface area contributed by atoms with Gasteiger partial charge < -0.3 is 15.2 Å². The van der Waals surface area contributed by atoms with Crippen molar-refractivity contribution in [3.05, 3.63) is 35.9 Å². The SMILES string of the molecule is CCOC(=O)C(C)(N)CCOCc1ccccc1. The molecule has 4 heteroatoms. The molecule has 1 atom stereocenters. The molecule has 2 N–H and O–H groups in total. The second-order valence-electron chi connectivity index (χ2n) is 4.43. The predicted molar refractivity (Wildman–Crippen MR) is 69.9 cm³/mol. The van der Waals surface area contributed by atoms with E-state index in [4.69, 9.17) is 15.2 Å². The number of esters is 1. The van der Waals surface area contributed by atoms with Crippen LogP contribution < -0.4 is 5.73 Å². The third-order valence-electron chi connectivity index (χ3n) is 2.62. The minimum absolute atomic E-state index is 0.344. The molecular weight excluding hydrogens is 230 g/mol. The molecule has 1 rings (SSSR count). The third kappa shape index (κ3) is 4.85. The third-order valence-corrected chi connectivity index (χ3v) is 2.62. The van der Waals surface area contributed by atoms with Crippen molar-refractivity contribution in [2.75, 3.05) is 13.2 Å². The van der Waals surface area contributed by atoms with Crippen molar-refractivity contribution in [3.8, 4) is 0 Å². The van der Waals surface area contributed by atoms with E-state index < -0.39 is 5.54 Å². The first-order valence-corrected chi connectivity index (χ1v) is 6.14. The van der Waals surface area contributed by atoms with Crippen LogP contribution in [-0.4, -0.2) is 24.7 Å². The fourth-order valence-electron chi connectivity index (χ4n) is 1.45. The molecule has 0 saturated heterocycles. The summed E-state index contributed by atoms with van der Waals surface area (Å²) in [6.07, 6.45) is 0.443. The summed E-state index contributed by atoms with van der Waals surface area (Å²) in [7, 11) is 0. The Kier molecular flexibility index (Phi) is 5.82. The molecule has 0 fully saturated rings. The molecule has 0 aliphatic rings. The van der Waals surface area contributed by atoms with Crippen LogP contribution in [0, 0.1) is 0 Å². The summed E-state index contributed by atoms with van der Waals surface area (Å²) in [4.78, 5) is 11.5. The Morgan fingerprint density at radius 1 is 1.33 bits per heavy atom. The monoisotopic (exact) mass is 251 g/mol. The van der Waals surface area contributed by atoms with Crippen LogP contribution in [0.3, 0.4) is 0 Å². The number of nitrogens with two attached hydrogens (primary N) is 1. The molecule has 0 bridgehead atoms. The summed E-state index contributed by atoms with van der Waals surface area (Å²) < 4.78 is 10.4. The molecule has 100 valence electrons. The van der Waals surface area contributed by atoms with Gasteiger partial charge in [0.25, 0.3) is 0 Å². The van der Waals surface area contributed by atoms with Crippen LogP contribution in [0.5, 0.6) is 0 Å². The lowest BCUT2D eigenvalue weighted by molar-refractivity contribution is -0.149. The molecule has 0 amide bonds. The van der Waals surface area contributed by atoms with E-state index >= 15 is 0 Å². The first kappa shape index (κ1) is 14.7. The highest BCUT2D eigenvalue weighted by Crippen LogP contribution is 2.09. The average molecular weight is 251 g/mol. The van der Waals surface area contributed by atoms with Crippen molar-refractivity contribution in [3.63, 3.8) is 0 Å². The topological polar surface area (TPSA) is 61.5 Å². The highest BCUT2D eigenvalue weighted by Gasteiger charge is 2.29. The molecule has 4 nitrogen and oxygen atoms in total. The zero-order chi connectivity index (χ0) is 13.4. The van der Waals surface area contributed by atoms with Gasteiger partial charge in [-0.15, -0.1) is 0 Å². The summed E-state index contributed by atoms with van der Waals surface area (Å²) in [5.74, 6) is -0.381. The van der Waals surface area contributed by atoms with Crippen molar-refractivity contribution < 1.29 is 14.3 Å². The lowest BCUT2D eigenvalue weighted by Crippen LogP contribution is -2.47. The van der Waals surface area contributed by atoms with E-state index in [-0.39, 0.29) is 5.97 Å². The summed E-state index contributed by atoms with van der Waals surface area (Å²) in [6, 6.07) is 9.87. The summed E-state index contributed by atoms with van der Waals surface area (Å²) >= 11 is 0. The molecule has 0 saturated carbocycles. The zero-order valence-electron chi connectivity index (χ0n) is 11.0. The van der Waals surface area contributed by atoms with E-state index in [1.54, 1.807) is 13.8 Å². The van der Waals surface area contributed by atoms with Crippen molar-refractivity contribution >= 4 is 5.97 Å². The fourth-order valence-corrected chi connectivity index (χ4v) is 1.45. The first-order valence-electron chi connectivity index (χ1n) is 6.14. The van der Waals surface area contributed by atoms with Gasteiger partial charge in [-0.2, -0.15) is 0 Å². The van der Waals surface area contributed by atoms with E-state index in [1.807, 2.05) is 30.3 Å². The number of carbonyl (C=O) groups is 1. The lowest BCUT2D eigenvalue weighted by Gasteiger charge is -2.21. The van der Waals surface area contributed by atoms with Crippen molar-refractivity contribution in [2.45, 2.75) is 32.4 Å². The van der Waals surface area contributed by atoms with Crippen molar-refractivity contribution in [1.82, 2.24) is 0 Å². The normalized spacial score (nSPS) is 13.9. The van der Waals surface area contributed by atoms with E-state index in [1.165, 1.54) is 0 Å². The van der Waals surface area contributed by atoms with Gasteiger partial charge in [0, 0.05) is 6.61 Å². The maximum absolute atomic E-state index is 11.5. The molecular formula is C14H21NO3. The number of ether oxygens (including phenoxy) is 2. The Morgan fingerprint density at radius 2 is 2.00 bits per heavy atom. The van der Waals surface area contributed by atoms with Gasteiger partial charge in [-0.25, -0.2) is 0 Å². The van der Waals surface area contributed by atoms with Gasteiger partial charge in [0.15, 0.2) is 0 Å². The second-order valence-corrected chi connectivity index (χ2v) is 4.43. The zero-order valence-corrected chi connectivity index (χ0v) is 11.0.